The number of hydrogen-bond donors (Lipinski definition) is 1. The fourth-order valence-electron chi connectivity index (χ4n) is 3.49. The van der Waals surface area contributed by atoms with E-state index in [1.165, 1.54) is 57.8 Å². The molecule has 3 nitrogen and oxygen atoms in total. The number of carbonyl (C=O) groups excluding carboxylic acids is 1. The third kappa shape index (κ3) is 16.7. The largest absolute Gasteiger partial charge is 0.450 e. The van der Waals surface area contributed by atoms with Crippen molar-refractivity contribution in [1.82, 2.24) is 5.32 Å². The highest BCUT2D eigenvalue weighted by Crippen LogP contribution is 2.22. The van der Waals surface area contributed by atoms with E-state index in [0.29, 0.717) is 19.1 Å². The van der Waals surface area contributed by atoms with Gasteiger partial charge in [0.25, 0.3) is 0 Å². The van der Waals surface area contributed by atoms with E-state index in [4.69, 9.17) is 4.74 Å². The Morgan fingerprint density at radius 2 is 1.15 bits per heavy atom. The van der Waals surface area contributed by atoms with Gasteiger partial charge >= 0.3 is 6.09 Å². The Morgan fingerprint density at radius 1 is 0.731 bits per heavy atom. The van der Waals surface area contributed by atoms with Crippen molar-refractivity contribution in [2.75, 3.05) is 13.2 Å². The number of hydrogen-bond acceptors (Lipinski definition) is 2. The lowest BCUT2D eigenvalue weighted by Crippen LogP contribution is -2.24. The molecule has 0 heterocycles. The number of carbonyl (C=O) groups is 1. The van der Waals surface area contributed by atoms with Gasteiger partial charge < -0.3 is 10.1 Å². The topological polar surface area (TPSA) is 38.3 Å². The molecule has 0 bridgehead atoms. The van der Waals surface area contributed by atoms with Crippen LogP contribution in [0.25, 0.3) is 0 Å². The molecule has 0 fully saturated rings. The van der Waals surface area contributed by atoms with E-state index in [1.54, 1.807) is 0 Å². The second-order valence-corrected chi connectivity index (χ2v) is 8.96. The average Bonchev–Trinajstić information content (AvgIpc) is 2.54. The third-order valence-corrected chi connectivity index (χ3v) is 5.43. The van der Waals surface area contributed by atoms with Crippen LogP contribution in [0.5, 0.6) is 0 Å². The lowest BCUT2D eigenvalue weighted by Gasteiger charge is -2.16. The standard InChI is InChI=1S/C23H47NO2/c1-7-24-23(25)26-18-17-22(6)16-10-15-21(5)14-9-13-20(4)12-8-11-19(2)3/h19-22H,7-18H2,1-6H3,(H,24,25). The third-order valence-electron chi connectivity index (χ3n) is 5.43. The van der Waals surface area contributed by atoms with Gasteiger partial charge in [-0.05, 0) is 37.0 Å². The summed E-state index contributed by atoms with van der Waals surface area (Å²) in [5.74, 6) is 3.23. The first-order chi connectivity index (χ1) is 12.3. The van der Waals surface area contributed by atoms with Crippen LogP contribution in [0.3, 0.4) is 0 Å². The van der Waals surface area contributed by atoms with Crippen molar-refractivity contribution in [3.63, 3.8) is 0 Å². The minimum absolute atomic E-state index is 0.285. The van der Waals surface area contributed by atoms with Crippen LogP contribution in [0.1, 0.15) is 106 Å². The Morgan fingerprint density at radius 3 is 1.58 bits per heavy atom. The van der Waals surface area contributed by atoms with Gasteiger partial charge in [0.1, 0.15) is 0 Å². The molecule has 0 rings (SSSR count). The molecule has 0 aliphatic heterocycles. The Kier molecular flexibility index (Phi) is 16.0. The molecule has 0 radical (unpaired) electrons. The van der Waals surface area contributed by atoms with Crippen LogP contribution in [0.2, 0.25) is 0 Å². The zero-order valence-electron chi connectivity index (χ0n) is 18.6. The molecule has 0 aromatic carbocycles. The van der Waals surface area contributed by atoms with Crippen LogP contribution in [-0.2, 0) is 4.74 Å². The lowest BCUT2D eigenvalue weighted by molar-refractivity contribution is 0.139. The molecule has 1 amide bonds. The summed E-state index contributed by atoms with van der Waals surface area (Å²) < 4.78 is 5.15. The molecular weight excluding hydrogens is 322 g/mol. The van der Waals surface area contributed by atoms with E-state index >= 15 is 0 Å². The Bertz CT molecular complexity index is 330. The summed E-state index contributed by atoms with van der Waals surface area (Å²) in [4.78, 5) is 11.2. The smallest absolute Gasteiger partial charge is 0.407 e. The Hall–Kier alpha value is -0.730. The summed E-state index contributed by atoms with van der Waals surface area (Å²) in [7, 11) is 0. The van der Waals surface area contributed by atoms with Crippen molar-refractivity contribution in [2.45, 2.75) is 106 Å². The van der Waals surface area contributed by atoms with E-state index in [9.17, 15) is 4.79 Å². The summed E-state index contributed by atoms with van der Waals surface area (Å²) in [6, 6.07) is 0. The van der Waals surface area contributed by atoms with Crippen molar-refractivity contribution < 1.29 is 9.53 Å². The van der Waals surface area contributed by atoms with Gasteiger partial charge in [0.2, 0.25) is 0 Å². The summed E-state index contributed by atoms with van der Waals surface area (Å²) in [6.45, 7) is 14.8. The van der Waals surface area contributed by atoms with Crippen LogP contribution in [0.15, 0.2) is 0 Å². The molecule has 156 valence electrons. The molecule has 1 N–H and O–H groups in total. The molecule has 0 aliphatic carbocycles. The molecule has 26 heavy (non-hydrogen) atoms. The maximum Gasteiger partial charge on any atom is 0.407 e. The van der Waals surface area contributed by atoms with Gasteiger partial charge in [0, 0.05) is 6.54 Å². The second kappa shape index (κ2) is 16.4. The minimum atomic E-state index is -0.285. The summed E-state index contributed by atoms with van der Waals surface area (Å²) in [6.07, 6.45) is 12.9. The molecule has 0 aromatic heterocycles. The first-order valence-electron chi connectivity index (χ1n) is 11.3. The van der Waals surface area contributed by atoms with Crippen LogP contribution in [-0.4, -0.2) is 19.2 Å². The highest BCUT2D eigenvalue weighted by molar-refractivity contribution is 5.66. The van der Waals surface area contributed by atoms with Gasteiger partial charge in [-0.15, -0.1) is 0 Å². The van der Waals surface area contributed by atoms with Crippen LogP contribution >= 0.6 is 0 Å². The number of ether oxygens (including phenoxy) is 1. The first-order valence-corrected chi connectivity index (χ1v) is 11.3. The highest BCUT2D eigenvalue weighted by Gasteiger charge is 2.09. The van der Waals surface area contributed by atoms with Gasteiger partial charge in [-0.25, -0.2) is 4.79 Å². The van der Waals surface area contributed by atoms with Gasteiger partial charge in [0.05, 0.1) is 6.61 Å². The summed E-state index contributed by atoms with van der Waals surface area (Å²) in [5.41, 5.74) is 0. The number of nitrogens with one attached hydrogen (secondary N) is 1. The molecule has 0 aromatic rings. The van der Waals surface area contributed by atoms with E-state index in [-0.39, 0.29) is 6.09 Å². The summed E-state index contributed by atoms with van der Waals surface area (Å²) >= 11 is 0. The number of amides is 1. The number of rotatable bonds is 16. The molecule has 0 spiro atoms. The minimum Gasteiger partial charge on any atom is -0.450 e. The molecule has 3 atom stereocenters. The quantitative estimate of drug-likeness (QED) is 0.312. The van der Waals surface area contributed by atoms with Gasteiger partial charge in [-0.1, -0.05) is 92.4 Å². The molecule has 0 saturated heterocycles. The van der Waals surface area contributed by atoms with Crippen molar-refractivity contribution in [1.29, 1.82) is 0 Å². The van der Waals surface area contributed by atoms with Crippen molar-refractivity contribution in [3.8, 4) is 0 Å². The lowest BCUT2D eigenvalue weighted by atomic mass is 9.91. The van der Waals surface area contributed by atoms with Gasteiger partial charge in [-0.2, -0.15) is 0 Å². The maximum absolute atomic E-state index is 11.2. The van der Waals surface area contributed by atoms with E-state index in [1.807, 2.05) is 6.92 Å². The van der Waals surface area contributed by atoms with Crippen LogP contribution in [0, 0.1) is 23.7 Å². The molecule has 0 saturated carbocycles. The van der Waals surface area contributed by atoms with Crippen molar-refractivity contribution in [2.24, 2.45) is 23.7 Å². The molecular formula is C23H47NO2. The summed E-state index contributed by atoms with van der Waals surface area (Å²) in [5, 5.41) is 2.66. The zero-order valence-corrected chi connectivity index (χ0v) is 18.6. The predicted octanol–water partition coefficient (Wildman–Crippen LogP) is 7.20. The van der Waals surface area contributed by atoms with Crippen LogP contribution in [0.4, 0.5) is 4.79 Å². The SMILES string of the molecule is CCNC(=O)OCCC(C)CCCC(C)CCCC(C)CCCC(C)C. The van der Waals surface area contributed by atoms with Crippen molar-refractivity contribution >= 4 is 6.09 Å². The normalized spacial score (nSPS) is 14.9. The number of alkyl carbamates (subject to hydrolysis) is 1. The Balaban J connectivity index is 3.55. The Labute approximate surface area is 164 Å². The fourth-order valence-corrected chi connectivity index (χ4v) is 3.49. The first kappa shape index (κ1) is 25.3. The fraction of sp³-hybridized carbons (Fsp3) is 0.957. The second-order valence-electron chi connectivity index (χ2n) is 8.96. The van der Waals surface area contributed by atoms with Gasteiger partial charge in [-0.3, -0.25) is 0 Å². The predicted molar refractivity (Wildman–Crippen MR) is 114 cm³/mol. The van der Waals surface area contributed by atoms with Gasteiger partial charge in [0.15, 0.2) is 0 Å². The molecule has 3 heteroatoms. The van der Waals surface area contributed by atoms with E-state index < -0.39 is 0 Å². The van der Waals surface area contributed by atoms with E-state index in [2.05, 4.69) is 39.9 Å². The molecule has 0 aliphatic rings. The average molecular weight is 370 g/mol. The van der Waals surface area contributed by atoms with Crippen LogP contribution < -0.4 is 5.32 Å². The molecule has 3 unspecified atom stereocenters. The monoisotopic (exact) mass is 369 g/mol. The van der Waals surface area contributed by atoms with Crippen molar-refractivity contribution in [3.05, 3.63) is 0 Å². The van der Waals surface area contributed by atoms with E-state index in [0.717, 1.165) is 24.2 Å². The maximum atomic E-state index is 11.2. The zero-order chi connectivity index (χ0) is 19.8. The highest BCUT2D eigenvalue weighted by atomic mass is 16.5.